The van der Waals surface area contributed by atoms with Gasteiger partial charge in [0.2, 0.25) is 0 Å². The highest BCUT2D eigenvalue weighted by atomic mass is 16.5. The fraction of sp³-hybridized carbons (Fsp3) is 0.625. The van der Waals surface area contributed by atoms with E-state index in [1.807, 2.05) is 0 Å². The van der Waals surface area contributed by atoms with Gasteiger partial charge in [0.15, 0.2) is 0 Å². The molecule has 1 fully saturated rings. The average Bonchev–Trinajstić information content (AvgIpc) is 2.28. The zero-order chi connectivity index (χ0) is 12.0. The summed E-state index contributed by atoms with van der Waals surface area (Å²) in [5, 5.41) is 0. The maximum atomic E-state index is 6.25. The van der Waals surface area contributed by atoms with Crippen molar-refractivity contribution >= 4 is 0 Å². The van der Waals surface area contributed by atoms with Crippen molar-refractivity contribution in [1.29, 1.82) is 0 Å². The first-order valence-corrected chi connectivity index (χ1v) is 6.81. The molecule has 0 N–H and O–H groups in total. The maximum Gasteiger partial charge on any atom is 0.0864 e. The summed E-state index contributed by atoms with van der Waals surface area (Å²) in [5.41, 5.74) is 3.32. The molecule has 0 spiro atoms. The van der Waals surface area contributed by atoms with Crippen molar-refractivity contribution in [2.75, 3.05) is 0 Å². The Balaban J connectivity index is 2.05. The van der Waals surface area contributed by atoms with Crippen LogP contribution in [-0.4, -0.2) is 6.10 Å². The molecule has 0 aromatic heterocycles. The van der Waals surface area contributed by atoms with Gasteiger partial charge < -0.3 is 4.74 Å². The van der Waals surface area contributed by atoms with E-state index < -0.39 is 0 Å². The third kappa shape index (κ3) is 1.81. The molecule has 3 rings (SSSR count). The predicted molar refractivity (Wildman–Crippen MR) is 69.9 cm³/mol. The van der Waals surface area contributed by atoms with Crippen LogP contribution in [0, 0.1) is 11.3 Å². The van der Waals surface area contributed by atoms with Crippen molar-refractivity contribution < 1.29 is 4.74 Å². The van der Waals surface area contributed by atoms with E-state index in [-0.39, 0.29) is 0 Å². The molecule has 2 aliphatic rings. The zero-order valence-electron chi connectivity index (χ0n) is 11.1. The molecule has 1 heteroatoms. The molecule has 0 bridgehead atoms. The molecular formula is C16H22O. The van der Waals surface area contributed by atoms with Gasteiger partial charge in [-0.05, 0) is 48.6 Å². The van der Waals surface area contributed by atoms with Crippen LogP contribution in [-0.2, 0) is 11.2 Å². The van der Waals surface area contributed by atoms with Crippen molar-refractivity contribution in [2.24, 2.45) is 11.3 Å². The Morgan fingerprint density at radius 2 is 1.94 bits per heavy atom. The molecule has 3 atom stereocenters. The van der Waals surface area contributed by atoms with Crippen LogP contribution >= 0.6 is 0 Å². The summed E-state index contributed by atoms with van der Waals surface area (Å²) in [5.74, 6) is 0.689. The molecule has 17 heavy (non-hydrogen) atoms. The van der Waals surface area contributed by atoms with Crippen LogP contribution in [0.25, 0.3) is 0 Å². The molecule has 1 aromatic carbocycles. The normalized spacial score (nSPS) is 34.9. The number of rotatable bonds is 0. The van der Waals surface area contributed by atoms with Gasteiger partial charge in [-0.1, -0.05) is 38.1 Å². The summed E-state index contributed by atoms with van der Waals surface area (Å²) in [6.07, 6.45) is 4.47. The van der Waals surface area contributed by atoms with Crippen molar-refractivity contribution in [1.82, 2.24) is 0 Å². The van der Waals surface area contributed by atoms with Crippen LogP contribution in [0.3, 0.4) is 0 Å². The minimum atomic E-state index is 0.332. The highest BCUT2D eigenvalue weighted by Gasteiger charge is 2.44. The summed E-state index contributed by atoms with van der Waals surface area (Å²) in [7, 11) is 0. The zero-order valence-corrected chi connectivity index (χ0v) is 11.1. The predicted octanol–water partition coefficient (Wildman–Crippen LogP) is 4.13. The molecule has 1 aromatic rings. The second-order valence-electron chi connectivity index (χ2n) is 6.42. The Labute approximate surface area is 104 Å². The number of fused-ring (bicyclic) bond motifs is 3. The highest BCUT2D eigenvalue weighted by Crippen LogP contribution is 2.52. The van der Waals surface area contributed by atoms with Crippen LogP contribution < -0.4 is 0 Å². The molecule has 1 heterocycles. The van der Waals surface area contributed by atoms with E-state index in [0.29, 0.717) is 23.5 Å². The number of ether oxygens (including phenoxy) is 1. The smallest absolute Gasteiger partial charge is 0.0864 e. The SMILES string of the molecule is C[C@@H]1CC[C@H]2[C@@H](O1)c1ccccc1CC2(C)C. The monoisotopic (exact) mass is 230 g/mol. The van der Waals surface area contributed by atoms with Crippen LogP contribution in [0.4, 0.5) is 0 Å². The molecule has 1 aliphatic carbocycles. The summed E-state index contributed by atoms with van der Waals surface area (Å²) in [6.45, 7) is 7.01. The van der Waals surface area contributed by atoms with Crippen molar-refractivity contribution in [3.05, 3.63) is 35.4 Å². The van der Waals surface area contributed by atoms with Gasteiger partial charge in [-0.2, -0.15) is 0 Å². The Morgan fingerprint density at radius 1 is 1.18 bits per heavy atom. The van der Waals surface area contributed by atoms with Gasteiger partial charge in [-0.3, -0.25) is 0 Å². The topological polar surface area (TPSA) is 9.23 Å². The van der Waals surface area contributed by atoms with Crippen molar-refractivity contribution in [3.8, 4) is 0 Å². The van der Waals surface area contributed by atoms with E-state index in [9.17, 15) is 0 Å². The van der Waals surface area contributed by atoms with Gasteiger partial charge in [0, 0.05) is 0 Å². The highest BCUT2D eigenvalue weighted by molar-refractivity contribution is 5.34. The van der Waals surface area contributed by atoms with Crippen molar-refractivity contribution in [2.45, 2.75) is 52.2 Å². The van der Waals surface area contributed by atoms with E-state index in [2.05, 4.69) is 45.0 Å². The lowest BCUT2D eigenvalue weighted by Gasteiger charge is -2.48. The number of benzene rings is 1. The minimum absolute atomic E-state index is 0.332. The molecule has 0 amide bonds. The second kappa shape index (κ2) is 3.84. The van der Waals surface area contributed by atoms with Gasteiger partial charge in [-0.15, -0.1) is 0 Å². The molecule has 0 saturated carbocycles. The van der Waals surface area contributed by atoms with E-state index in [1.54, 1.807) is 0 Å². The van der Waals surface area contributed by atoms with Gasteiger partial charge in [-0.25, -0.2) is 0 Å². The Kier molecular flexibility index (Phi) is 2.55. The Bertz CT molecular complexity index is 421. The molecule has 0 radical (unpaired) electrons. The summed E-state index contributed by atoms with van der Waals surface area (Å²) < 4.78 is 6.25. The molecule has 1 saturated heterocycles. The molecular weight excluding hydrogens is 208 g/mol. The van der Waals surface area contributed by atoms with Gasteiger partial charge in [0.1, 0.15) is 0 Å². The third-order valence-corrected chi connectivity index (χ3v) is 4.64. The van der Waals surface area contributed by atoms with Crippen LogP contribution in [0.1, 0.15) is 50.8 Å². The number of hydrogen-bond acceptors (Lipinski definition) is 1. The third-order valence-electron chi connectivity index (χ3n) is 4.64. The lowest BCUT2D eigenvalue weighted by molar-refractivity contribution is -0.117. The van der Waals surface area contributed by atoms with Crippen molar-refractivity contribution in [3.63, 3.8) is 0 Å². The van der Waals surface area contributed by atoms with Gasteiger partial charge in [0.25, 0.3) is 0 Å². The van der Waals surface area contributed by atoms with E-state index in [0.717, 1.165) is 0 Å². The summed E-state index contributed by atoms with van der Waals surface area (Å²) in [6, 6.07) is 8.84. The van der Waals surface area contributed by atoms with E-state index in [1.165, 1.54) is 30.4 Å². The molecule has 1 aliphatic heterocycles. The lowest BCUT2D eigenvalue weighted by atomic mass is 9.63. The van der Waals surface area contributed by atoms with Crippen LogP contribution in [0.5, 0.6) is 0 Å². The molecule has 92 valence electrons. The quantitative estimate of drug-likeness (QED) is 0.651. The largest absolute Gasteiger partial charge is 0.370 e. The average molecular weight is 230 g/mol. The van der Waals surface area contributed by atoms with E-state index >= 15 is 0 Å². The second-order valence-corrected chi connectivity index (χ2v) is 6.42. The van der Waals surface area contributed by atoms with Gasteiger partial charge >= 0.3 is 0 Å². The first kappa shape index (κ1) is 11.3. The number of hydrogen-bond donors (Lipinski definition) is 0. The Morgan fingerprint density at radius 3 is 2.76 bits per heavy atom. The van der Waals surface area contributed by atoms with Gasteiger partial charge in [0.05, 0.1) is 12.2 Å². The first-order chi connectivity index (χ1) is 8.08. The minimum Gasteiger partial charge on any atom is -0.370 e. The molecule has 0 unspecified atom stereocenters. The summed E-state index contributed by atoms with van der Waals surface area (Å²) in [4.78, 5) is 0. The fourth-order valence-corrected chi connectivity index (χ4v) is 3.66. The first-order valence-electron chi connectivity index (χ1n) is 6.81. The van der Waals surface area contributed by atoms with Crippen LogP contribution in [0.2, 0.25) is 0 Å². The summed E-state index contributed by atoms with van der Waals surface area (Å²) >= 11 is 0. The standard InChI is InChI=1S/C16H22O/c1-11-8-9-14-15(17-11)13-7-5-4-6-12(13)10-16(14,2)3/h4-7,11,14-15H,8-10H2,1-3H3/t11-,14+,15+/m1/s1. The molecule has 1 nitrogen and oxygen atoms in total. The lowest BCUT2D eigenvalue weighted by Crippen LogP contribution is -2.41. The van der Waals surface area contributed by atoms with Crippen LogP contribution in [0.15, 0.2) is 24.3 Å². The van der Waals surface area contributed by atoms with E-state index in [4.69, 9.17) is 4.74 Å². The maximum absolute atomic E-state index is 6.25. The Hall–Kier alpha value is -0.820. The fourth-order valence-electron chi connectivity index (χ4n) is 3.66.